The van der Waals surface area contributed by atoms with Crippen LogP contribution in [0.1, 0.15) is 43.6 Å². The molecule has 0 saturated heterocycles. The van der Waals surface area contributed by atoms with Crippen LogP contribution in [-0.2, 0) is 0 Å². The first kappa shape index (κ1) is 36.4. The quantitative estimate of drug-likeness (QED) is 0.146. The Morgan fingerprint density at radius 1 is 0.387 bits per heavy atom. The van der Waals surface area contributed by atoms with Gasteiger partial charge in [0.2, 0.25) is 0 Å². The molecule has 2 nitrogen and oxygen atoms in total. The Labute approximate surface area is 362 Å². The maximum Gasteiger partial charge on any atom is 0.0561 e. The Kier molecular flexibility index (Phi) is 8.96. The molecule has 1 heterocycles. The normalized spacial score (nSPS) is 13.4. The topological polar surface area (TPSA) is 8.17 Å². The lowest BCUT2D eigenvalue weighted by Gasteiger charge is -2.29. The zero-order valence-corrected chi connectivity index (χ0v) is 34.7. The van der Waals surface area contributed by atoms with Gasteiger partial charge in [0.05, 0.1) is 16.7 Å². The average Bonchev–Trinajstić information content (AvgIpc) is 3.68. The smallest absolute Gasteiger partial charge is 0.0561 e. The molecule has 0 unspecified atom stereocenters. The summed E-state index contributed by atoms with van der Waals surface area (Å²) in [4.78, 5) is 2.49. The lowest BCUT2D eigenvalue weighted by molar-refractivity contribution is 0.445. The summed E-state index contributed by atoms with van der Waals surface area (Å²) in [5.74, 6) is 0.582. The van der Waals surface area contributed by atoms with Gasteiger partial charge in [-0.15, -0.1) is 0 Å². The molecule has 0 spiro atoms. The SMILES string of the molecule is c1ccc(-n2c3ccccc3c3ccc(N(c4ccc(-c5cccc6c5ccc5ccccc56)cc4)c4ccccc4-c4cccc5cccc(C6CCCCC6)c45)cc32)cc1. The number of para-hydroxylation sites is 3. The van der Waals surface area contributed by atoms with Crippen LogP contribution >= 0.6 is 0 Å². The molecule has 12 rings (SSSR count). The van der Waals surface area contributed by atoms with E-state index < -0.39 is 0 Å². The van der Waals surface area contributed by atoms with Crippen molar-refractivity contribution >= 4 is 71.2 Å². The molecule has 0 radical (unpaired) electrons. The first-order valence-corrected chi connectivity index (χ1v) is 22.3. The summed E-state index contributed by atoms with van der Waals surface area (Å²) in [7, 11) is 0. The molecule has 1 saturated carbocycles. The van der Waals surface area contributed by atoms with Crippen molar-refractivity contribution in [1.29, 1.82) is 0 Å². The molecule has 1 aromatic heterocycles. The number of nitrogens with zero attached hydrogens (tertiary/aromatic N) is 2. The zero-order chi connectivity index (χ0) is 41.0. The molecule has 296 valence electrons. The van der Waals surface area contributed by atoms with Crippen molar-refractivity contribution in [3.05, 3.63) is 218 Å². The fourth-order valence-electron chi connectivity index (χ4n) is 10.7. The van der Waals surface area contributed by atoms with Crippen molar-refractivity contribution in [1.82, 2.24) is 4.57 Å². The summed E-state index contributed by atoms with van der Waals surface area (Å²) in [5.41, 5.74) is 13.4. The van der Waals surface area contributed by atoms with E-state index in [2.05, 4.69) is 222 Å². The second kappa shape index (κ2) is 15.2. The van der Waals surface area contributed by atoms with Crippen LogP contribution in [0.2, 0.25) is 0 Å². The predicted octanol–water partition coefficient (Wildman–Crippen LogP) is 17.1. The molecule has 2 heteroatoms. The van der Waals surface area contributed by atoms with E-state index in [1.807, 2.05) is 0 Å². The van der Waals surface area contributed by atoms with E-state index in [0.717, 1.165) is 22.7 Å². The predicted molar refractivity (Wildman–Crippen MR) is 265 cm³/mol. The first-order chi connectivity index (χ1) is 30.8. The molecular formula is C60H46N2. The molecule has 1 aliphatic rings. The third kappa shape index (κ3) is 6.09. The second-order valence-corrected chi connectivity index (χ2v) is 17.1. The standard InChI is InChI=1S/C60H46N2/c1-3-16-41(17-4-1)50-27-13-19-44-20-14-29-56(60(44)50)54-25-10-11-30-57(54)61(47-37-39-55-53-24-9-12-31-58(53)62(59(55)40-47)45-21-5-2-6-22-45)46-35-32-43(33-36-46)49-26-15-28-51-48-23-8-7-18-42(48)34-38-52(49)51/h2,5-15,18-41H,1,3-4,16-17H2. The molecule has 62 heavy (non-hydrogen) atoms. The van der Waals surface area contributed by atoms with E-state index in [1.54, 1.807) is 0 Å². The molecule has 0 aliphatic heterocycles. The van der Waals surface area contributed by atoms with Crippen LogP contribution in [0.15, 0.2) is 212 Å². The molecule has 0 bridgehead atoms. The van der Waals surface area contributed by atoms with Gasteiger partial charge in [0.15, 0.2) is 0 Å². The van der Waals surface area contributed by atoms with Gasteiger partial charge in [0.1, 0.15) is 0 Å². The summed E-state index contributed by atoms with van der Waals surface area (Å²) in [5, 5.41) is 10.3. The zero-order valence-electron chi connectivity index (χ0n) is 34.7. The largest absolute Gasteiger partial charge is 0.310 e. The highest BCUT2D eigenvalue weighted by molar-refractivity contribution is 6.13. The highest BCUT2D eigenvalue weighted by Crippen LogP contribution is 2.47. The van der Waals surface area contributed by atoms with Crippen LogP contribution in [0, 0.1) is 0 Å². The number of benzene rings is 10. The summed E-state index contributed by atoms with van der Waals surface area (Å²) >= 11 is 0. The monoisotopic (exact) mass is 794 g/mol. The Morgan fingerprint density at radius 3 is 1.89 bits per heavy atom. The lowest BCUT2D eigenvalue weighted by atomic mass is 9.80. The highest BCUT2D eigenvalue weighted by atomic mass is 15.1. The fraction of sp³-hybridized carbons (Fsp3) is 0.100. The Hall–Kier alpha value is -7.42. The number of aromatic nitrogens is 1. The third-order valence-corrected chi connectivity index (χ3v) is 13.6. The van der Waals surface area contributed by atoms with Gasteiger partial charge in [0.25, 0.3) is 0 Å². The van der Waals surface area contributed by atoms with Crippen molar-refractivity contribution in [2.45, 2.75) is 38.0 Å². The van der Waals surface area contributed by atoms with Gasteiger partial charge in [-0.25, -0.2) is 0 Å². The van der Waals surface area contributed by atoms with Crippen LogP contribution in [-0.4, -0.2) is 4.57 Å². The lowest BCUT2D eigenvalue weighted by Crippen LogP contribution is -2.12. The minimum Gasteiger partial charge on any atom is -0.310 e. The summed E-state index contributed by atoms with van der Waals surface area (Å²) in [6.07, 6.45) is 6.48. The van der Waals surface area contributed by atoms with Crippen molar-refractivity contribution in [2.24, 2.45) is 0 Å². The van der Waals surface area contributed by atoms with Crippen LogP contribution in [0.3, 0.4) is 0 Å². The molecule has 10 aromatic carbocycles. The molecular weight excluding hydrogens is 749 g/mol. The van der Waals surface area contributed by atoms with Crippen LogP contribution in [0.5, 0.6) is 0 Å². The van der Waals surface area contributed by atoms with Gasteiger partial charge in [-0.05, 0) is 122 Å². The fourth-order valence-corrected chi connectivity index (χ4v) is 10.7. The summed E-state index contributed by atoms with van der Waals surface area (Å²) in [6.45, 7) is 0. The Balaban J connectivity index is 1.08. The molecule has 0 atom stereocenters. The van der Waals surface area contributed by atoms with Gasteiger partial charge < -0.3 is 9.47 Å². The van der Waals surface area contributed by atoms with E-state index in [4.69, 9.17) is 0 Å². The van der Waals surface area contributed by atoms with Gasteiger partial charge in [-0.1, -0.05) is 183 Å². The van der Waals surface area contributed by atoms with Crippen molar-refractivity contribution in [3.63, 3.8) is 0 Å². The van der Waals surface area contributed by atoms with Crippen molar-refractivity contribution in [2.75, 3.05) is 4.90 Å². The molecule has 0 amide bonds. The van der Waals surface area contributed by atoms with E-state index in [0.29, 0.717) is 5.92 Å². The summed E-state index contributed by atoms with van der Waals surface area (Å²) < 4.78 is 2.42. The van der Waals surface area contributed by atoms with E-state index >= 15 is 0 Å². The number of fused-ring (bicyclic) bond motifs is 7. The number of hydrogen-bond donors (Lipinski definition) is 0. The maximum atomic E-state index is 2.49. The second-order valence-electron chi connectivity index (χ2n) is 17.1. The van der Waals surface area contributed by atoms with Gasteiger partial charge in [0, 0.05) is 33.4 Å². The number of rotatable bonds is 7. The minimum absolute atomic E-state index is 0.582. The number of anilines is 3. The molecule has 11 aromatic rings. The summed E-state index contributed by atoms with van der Waals surface area (Å²) in [6, 6.07) is 78.8. The van der Waals surface area contributed by atoms with Gasteiger partial charge in [-0.3, -0.25) is 0 Å². The molecule has 1 fully saturated rings. The van der Waals surface area contributed by atoms with E-state index in [-0.39, 0.29) is 0 Å². The van der Waals surface area contributed by atoms with Gasteiger partial charge in [-0.2, -0.15) is 0 Å². The highest BCUT2D eigenvalue weighted by Gasteiger charge is 2.24. The van der Waals surface area contributed by atoms with Crippen molar-refractivity contribution < 1.29 is 0 Å². The minimum atomic E-state index is 0.582. The van der Waals surface area contributed by atoms with Crippen LogP contribution in [0.4, 0.5) is 17.1 Å². The van der Waals surface area contributed by atoms with Crippen LogP contribution in [0.25, 0.3) is 82.1 Å². The maximum absolute atomic E-state index is 2.49. The molecule has 0 N–H and O–H groups in total. The Bertz CT molecular complexity index is 3440. The number of hydrogen-bond acceptors (Lipinski definition) is 1. The molecule has 1 aliphatic carbocycles. The Morgan fingerprint density at radius 2 is 1.02 bits per heavy atom. The van der Waals surface area contributed by atoms with Gasteiger partial charge >= 0.3 is 0 Å². The van der Waals surface area contributed by atoms with Crippen LogP contribution < -0.4 is 4.90 Å². The average molecular weight is 795 g/mol. The first-order valence-electron chi connectivity index (χ1n) is 22.3. The van der Waals surface area contributed by atoms with E-state index in [1.165, 1.54) is 114 Å². The van der Waals surface area contributed by atoms with Crippen molar-refractivity contribution in [3.8, 4) is 27.9 Å². The third-order valence-electron chi connectivity index (χ3n) is 13.6. The van der Waals surface area contributed by atoms with E-state index in [9.17, 15) is 0 Å².